The standard InChI is InChI=1S/C14H24N4OS/c1-12-3-10-20-13(12)11-17-14(15)16-4-2-5-18-6-8-19-9-7-18/h3,10H,2,4-9,11H2,1H3,(H3,15,16,17). The number of guanidine groups is 1. The van der Waals surface area contributed by atoms with Gasteiger partial charge in [0, 0.05) is 24.5 Å². The molecule has 1 aliphatic rings. The van der Waals surface area contributed by atoms with Gasteiger partial charge in [-0.05, 0) is 36.9 Å². The molecule has 0 spiro atoms. The van der Waals surface area contributed by atoms with Gasteiger partial charge >= 0.3 is 0 Å². The van der Waals surface area contributed by atoms with Crippen LogP contribution in [-0.4, -0.2) is 50.3 Å². The lowest BCUT2D eigenvalue weighted by Crippen LogP contribution is -2.39. The first-order chi connectivity index (χ1) is 9.75. The monoisotopic (exact) mass is 296 g/mol. The molecule has 5 nitrogen and oxygen atoms in total. The maximum Gasteiger partial charge on any atom is 0.188 e. The van der Waals surface area contributed by atoms with Gasteiger partial charge in [-0.25, -0.2) is 4.99 Å². The predicted molar refractivity (Wildman–Crippen MR) is 84.3 cm³/mol. The average molecular weight is 296 g/mol. The number of rotatable bonds is 6. The van der Waals surface area contributed by atoms with Crippen LogP contribution in [0.15, 0.2) is 16.4 Å². The lowest BCUT2D eigenvalue weighted by molar-refractivity contribution is 0.0376. The molecule has 0 atom stereocenters. The van der Waals surface area contributed by atoms with Crippen LogP contribution in [0.1, 0.15) is 16.9 Å². The van der Waals surface area contributed by atoms with Crippen LogP contribution >= 0.6 is 11.3 Å². The number of ether oxygens (including phenoxy) is 1. The summed E-state index contributed by atoms with van der Waals surface area (Å²) in [5.74, 6) is 0.541. The summed E-state index contributed by atoms with van der Waals surface area (Å²) in [7, 11) is 0. The molecule has 0 aliphatic carbocycles. The van der Waals surface area contributed by atoms with Crippen LogP contribution in [0.3, 0.4) is 0 Å². The van der Waals surface area contributed by atoms with E-state index in [9.17, 15) is 0 Å². The summed E-state index contributed by atoms with van der Waals surface area (Å²) in [4.78, 5) is 8.08. The number of nitrogens with two attached hydrogens (primary N) is 1. The number of aliphatic imine (C=N–C) groups is 1. The van der Waals surface area contributed by atoms with Gasteiger partial charge in [0.2, 0.25) is 0 Å². The van der Waals surface area contributed by atoms with Crippen LogP contribution in [0.5, 0.6) is 0 Å². The van der Waals surface area contributed by atoms with E-state index < -0.39 is 0 Å². The molecule has 1 aromatic heterocycles. The van der Waals surface area contributed by atoms with E-state index in [0.29, 0.717) is 12.5 Å². The van der Waals surface area contributed by atoms with Crippen molar-refractivity contribution in [2.45, 2.75) is 19.9 Å². The Balaban J connectivity index is 1.59. The Morgan fingerprint density at radius 2 is 2.30 bits per heavy atom. The van der Waals surface area contributed by atoms with Gasteiger partial charge < -0.3 is 15.8 Å². The Hall–Kier alpha value is -1.11. The fourth-order valence-corrected chi connectivity index (χ4v) is 2.95. The van der Waals surface area contributed by atoms with Crippen LogP contribution in [0.2, 0.25) is 0 Å². The average Bonchev–Trinajstić information content (AvgIpc) is 2.88. The van der Waals surface area contributed by atoms with Crippen molar-refractivity contribution in [2.24, 2.45) is 10.7 Å². The molecule has 0 aromatic carbocycles. The highest BCUT2D eigenvalue weighted by atomic mass is 32.1. The van der Waals surface area contributed by atoms with Crippen LogP contribution in [-0.2, 0) is 11.3 Å². The molecule has 1 fully saturated rings. The highest BCUT2D eigenvalue weighted by Crippen LogP contribution is 2.16. The lowest BCUT2D eigenvalue weighted by Gasteiger charge is -2.26. The van der Waals surface area contributed by atoms with Crippen molar-refractivity contribution in [3.05, 3.63) is 21.9 Å². The van der Waals surface area contributed by atoms with Crippen molar-refractivity contribution in [1.82, 2.24) is 10.2 Å². The van der Waals surface area contributed by atoms with Gasteiger partial charge in [-0.15, -0.1) is 11.3 Å². The first-order valence-electron chi connectivity index (χ1n) is 7.12. The SMILES string of the molecule is Cc1ccsc1CN=C(N)NCCCN1CCOCC1. The van der Waals surface area contributed by atoms with E-state index in [-0.39, 0.29) is 0 Å². The molecule has 1 aromatic rings. The molecular weight excluding hydrogens is 272 g/mol. The summed E-state index contributed by atoms with van der Waals surface area (Å²) in [6.45, 7) is 8.54. The summed E-state index contributed by atoms with van der Waals surface area (Å²) >= 11 is 1.73. The van der Waals surface area contributed by atoms with Crippen molar-refractivity contribution >= 4 is 17.3 Å². The zero-order chi connectivity index (χ0) is 14.2. The van der Waals surface area contributed by atoms with Gasteiger partial charge in [0.05, 0.1) is 19.8 Å². The third kappa shape index (κ3) is 5.11. The van der Waals surface area contributed by atoms with E-state index in [0.717, 1.165) is 45.8 Å². The van der Waals surface area contributed by atoms with Gasteiger partial charge in [0.1, 0.15) is 0 Å². The van der Waals surface area contributed by atoms with Crippen LogP contribution in [0, 0.1) is 6.92 Å². The summed E-state index contributed by atoms with van der Waals surface area (Å²) in [6, 6.07) is 2.11. The normalized spacial score (nSPS) is 17.4. The highest BCUT2D eigenvalue weighted by molar-refractivity contribution is 7.10. The number of hydrogen-bond donors (Lipinski definition) is 2. The number of hydrogen-bond acceptors (Lipinski definition) is 4. The predicted octanol–water partition coefficient (Wildman–Crippen LogP) is 1.18. The van der Waals surface area contributed by atoms with Crippen LogP contribution < -0.4 is 11.1 Å². The number of nitrogens with zero attached hydrogens (tertiary/aromatic N) is 2. The third-order valence-corrected chi connectivity index (χ3v) is 4.43. The summed E-state index contributed by atoms with van der Waals surface area (Å²) in [6.07, 6.45) is 1.08. The first kappa shape index (κ1) is 15.3. The number of thiophene rings is 1. The number of morpholine rings is 1. The maximum atomic E-state index is 5.87. The molecule has 112 valence electrons. The summed E-state index contributed by atoms with van der Waals surface area (Å²) < 4.78 is 5.33. The molecule has 20 heavy (non-hydrogen) atoms. The van der Waals surface area contributed by atoms with Gasteiger partial charge in [0.15, 0.2) is 5.96 Å². The molecule has 3 N–H and O–H groups in total. The quantitative estimate of drug-likeness (QED) is 0.470. The van der Waals surface area contributed by atoms with Gasteiger partial charge in [0.25, 0.3) is 0 Å². The van der Waals surface area contributed by atoms with E-state index >= 15 is 0 Å². The van der Waals surface area contributed by atoms with Crippen molar-refractivity contribution < 1.29 is 4.74 Å². The Bertz CT molecular complexity index is 427. The lowest BCUT2D eigenvalue weighted by atomic mass is 10.3. The van der Waals surface area contributed by atoms with E-state index in [1.165, 1.54) is 10.4 Å². The molecule has 0 unspecified atom stereocenters. The van der Waals surface area contributed by atoms with Crippen molar-refractivity contribution in [3.8, 4) is 0 Å². The van der Waals surface area contributed by atoms with Gasteiger partial charge in [-0.2, -0.15) is 0 Å². The van der Waals surface area contributed by atoms with Gasteiger partial charge in [-0.3, -0.25) is 4.90 Å². The molecule has 6 heteroatoms. The zero-order valence-corrected chi connectivity index (χ0v) is 12.9. The Labute approximate surface area is 124 Å². The second-order valence-corrected chi connectivity index (χ2v) is 5.96. The largest absolute Gasteiger partial charge is 0.379 e. The van der Waals surface area contributed by atoms with Crippen LogP contribution in [0.4, 0.5) is 0 Å². The zero-order valence-electron chi connectivity index (χ0n) is 12.1. The molecule has 0 radical (unpaired) electrons. The third-order valence-electron chi connectivity index (χ3n) is 3.42. The molecule has 1 aliphatic heterocycles. The maximum absolute atomic E-state index is 5.87. The molecule has 2 rings (SSSR count). The van der Waals surface area contributed by atoms with Gasteiger partial charge in [-0.1, -0.05) is 0 Å². The van der Waals surface area contributed by atoms with E-state index in [1.807, 2.05) is 0 Å². The summed E-state index contributed by atoms with van der Waals surface area (Å²) in [5.41, 5.74) is 7.16. The van der Waals surface area contributed by atoms with E-state index in [2.05, 4.69) is 33.6 Å². The second-order valence-electron chi connectivity index (χ2n) is 4.96. The minimum Gasteiger partial charge on any atom is -0.379 e. The topological polar surface area (TPSA) is 62.9 Å². The fourth-order valence-electron chi connectivity index (χ4n) is 2.12. The molecule has 0 bridgehead atoms. The van der Waals surface area contributed by atoms with Crippen molar-refractivity contribution in [2.75, 3.05) is 39.4 Å². The Kier molecular flexibility index (Phi) is 6.29. The number of nitrogens with one attached hydrogen (secondary N) is 1. The molecule has 1 saturated heterocycles. The first-order valence-corrected chi connectivity index (χ1v) is 8.00. The molecular formula is C14H24N4OS. The summed E-state index contributed by atoms with van der Waals surface area (Å²) in [5, 5.41) is 5.27. The minimum atomic E-state index is 0.541. The molecule has 0 saturated carbocycles. The minimum absolute atomic E-state index is 0.541. The van der Waals surface area contributed by atoms with Crippen molar-refractivity contribution in [3.63, 3.8) is 0 Å². The second kappa shape index (κ2) is 8.24. The van der Waals surface area contributed by atoms with E-state index in [1.54, 1.807) is 11.3 Å². The Morgan fingerprint density at radius 1 is 1.50 bits per heavy atom. The van der Waals surface area contributed by atoms with Crippen LogP contribution in [0.25, 0.3) is 0 Å². The van der Waals surface area contributed by atoms with E-state index in [4.69, 9.17) is 10.5 Å². The Morgan fingerprint density at radius 3 is 3.00 bits per heavy atom. The fraction of sp³-hybridized carbons (Fsp3) is 0.643. The molecule has 0 amide bonds. The molecule has 2 heterocycles. The smallest absolute Gasteiger partial charge is 0.188 e. The van der Waals surface area contributed by atoms with Crippen molar-refractivity contribution in [1.29, 1.82) is 0 Å². The highest BCUT2D eigenvalue weighted by Gasteiger charge is 2.08. The number of aryl methyl sites for hydroxylation is 1.